The van der Waals surface area contributed by atoms with Gasteiger partial charge in [0, 0.05) is 12.8 Å². The molecule has 19 heavy (non-hydrogen) atoms. The van der Waals surface area contributed by atoms with Crippen LogP contribution in [0.1, 0.15) is 32.6 Å². The molecule has 0 radical (unpaired) electrons. The SMILES string of the molecule is CC1(CC2CCS(=O)(=O)C2)OCC(CCC(=O)O)O1. The lowest BCUT2D eigenvalue weighted by Gasteiger charge is -2.26. The molecule has 0 spiro atoms. The number of carboxylic acids is 1. The molecule has 2 aliphatic heterocycles. The van der Waals surface area contributed by atoms with Gasteiger partial charge in [0.2, 0.25) is 0 Å². The largest absolute Gasteiger partial charge is 0.481 e. The molecule has 2 aliphatic rings. The van der Waals surface area contributed by atoms with E-state index in [-0.39, 0.29) is 29.9 Å². The molecule has 3 unspecified atom stereocenters. The standard InChI is InChI=1S/C12H20O6S/c1-12(6-9-4-5-19(15,16)8-9)17-7-10(18-12)2-3-11(13)14/h9-10H,2-8H2,1H3,(H,13,14). The molecule has 7 heteroatoms. The predicted molar refractivity (Wildman–Crippen MR) is 67.5 cm³/mol. The van der Waals surface area contributed by atoms with E-state index < -0.39 is 21.6 Å². The van der Waals surface area contributed by atoms with E-state index in [2.05, 4.69) is 0 Å². The molecule has 2 rings (SSSR count). The molecular formula is C12H20O6S. The minimum absolute atomic E-state index is 0.0575. The highest BCUT2D eigenvalue weighted by Gasteiger charge is 2.41. The molecule has 0 amide bonds. The molecule has 2 saturated heterocycles. The highest BCUT2D eigenvalue weighted by Crippen LogP contribution is 2.35. The van der Waals surface area contributed by atoms with Gasteiger partial charge in [-0.05, 0) is 25.7 Å². The number of carbonyl (C=O) groups is 1. The van der Waals surface area contributed by atoms with Gasteiger partial charge in [-0.15, -0.1) is 0 Å². The van der Waals surface area contributed by atoms with Gasteiger partial charge in [0.05, 0.1) is 24.2 Å². The van der Waals surface area contributed by atoms with Gasteiger partial charge in [-0.25, -0.2) is 8.42 Å². The van der Waals surface area contributed by atoms with Crippen molar-refractivity contribution in [3.63, 3.8) is 0 Å². The van der Waals surface area contributed by atoms with Crippen LogP contribution in [0.5, 0.6) is 0 Å². The van der Waals surface area contributed by atoms with E-state index in [1.807, 2.05) is 0 Å². The average Bonchev–Trinajstić information content (AvgIpc) is 2.80. The van der Waals surface area contributed by atoms with Gasteiger partial charge in [0.25, 0.3) is 0 Å². The number of hydrogen-bond acceptors (Lipinski definition) is 5. The van der Waals surface area contributed by atoms with Gasteiger partial charge in [0.1, 0.15) is 0 Å². The summed E-state index contributed by atoms with van der Waals surface area (Å²) in [5, 5.41) is 8.63. The van der Waals surface area contributed by atoms with E-state index in [0.717, 1.165) is 0 Å². The van der Waals surface area contributed by atoms with Crippen LogP contribution in [-0.2, 0) is 24.1 Å². The molecule has 0 aliphatic carbocycles. The number of carboxylic acid groups (broad SMARTS) is 1. The average molecular weight is 292 g/mol. The van der Waals surface area contributed by atoms with E-state index in [1.165, 1.54) is 0 Å². The fraction of sp³-hybridized carbons (Fsp3) is 0.917. The minimum Gasteiger partial charge on any atom is -0.481 e. The highest BCUT2D eigenvalue weighted by molar-refractivity contribution is 7.91. The second kappa shape index (κ2) is 5.38. The second-order valence-corrected chi connectivity index (χ2v) is 7.82. The smallest absolute Gasteiger partial charge is 0.303 e. The van der Waals surface area contributed by atoms with Crippen molar-refractivity contribution >= 4 is 15.8 Å². The first-order chi connectivity index (χ1) is 8.78. The first-order valence-electron chi connectivity index (χ1n) is 6.52. The number of aliphatic carboxylic acids is 1. The Kier molecular flexibility index (Phi) is 4.17. The van der Waals surface area contributed by atoms with Crippen LogP contribution < -0.4 is 0 Å². The van der Waals surface area contributed by atoms with Gasteiger partial charge in [-0.2, -0.15) is 0 Å². The maximum Gasteiger partial charge on any atom is 0.303 e. The van der Waals surface area contributed by atoms with Crippen LogP contribution in [0, 0.1) is 5.92 Å². The fourth-order valence-corrected chi connectivity index (χ4v) is 4.64. The molecular weight excluding hydrogens is 272 g/mol. The van der Waals surface area contributed by atoms with Gasteiger partial charge in [-0.3, -0.25) is 4.79 Å². The molecule has 0 saturated carbocycles. The number of rotatable bonds is 5. The fourth-order valence-electron chi connectivity index (χ4n) is 2.78. The predicted octanol–water partition coefficient (Wildman–Crippen LogP) is 0.808. The number of sulfone groups is 1. The van der Waals surface area contributed by atoms with Crippen molar-refractivity contribution in [3.05, 3.63) is 0 Å². The quantitative estimate of drug-likeness (QED) is 0.806. The van der Waals surface area contributed by atoms with Crippen LogP contribution >= 0.6 is 0 Å². The Bertz CT molecular complexity index is 445. The Morgan fingerprint density at radius 2 is 2.21 bits per heavy atom. The lowest BCUT2D eigenvalue weighted by atomic mass is 9.99. The van der Waals surface area contributed by atoms with E-state index in [0.29, 0.717) is 25.9 Å². The van der Waals surface area contributed by atoms with Crippen LogP contribution in [0.3, 0.4) is 0 Å². The Hall–Kier alpha value is -0.660. The lowest BCUT2D eigenvalue weighted by molar-refractivity contribution is -0.166. The summed E-state index contributed by atoms with van der Waals surface area (Å²) in [4.78, 5) is 10.5. The lowest BCUT2D eigenvalue weighted by Crippen LogP contribution is -2.30. The van der Waals surface area contributed by atoms with Gasteiger partial charge >= 0.3 is 5.97 Å². The molecule has 0 aromatic carbocycles. The summed E-state index contributed by atoms with van der Waals surface area (Å²) in [6, 6.07) is 0. The van der Waals surface area contributed by atoms with Crippen molar-refractivity contribution in [1.82, 2.24) is 0 Å². The van der Waals surface area contributed by atoms with Crippen molar-refractivity contribution in [2.24, 2.45) is 5.92 Å². The van der Waals surface area contributed by atoms with E-state index in [1.54, 1.807) is 6.92 Å². The first kappa shape index (κ1) is 14.7. The first-order valence-corrected chi connectivity index (χ1v) is 8.34. The molecule has 0 aromatic rings. The van der Waals surface area contributed by atoms with Crippen molar-refractivity contribution in [3.8, 4) is 0 Å². The number of ether oxygens (including phenoxy) is 2. The molecule has 2 heterocycles. The maximum absolute atomic E-state index is 11.4. The van der Waals surface area contributed by atoms with E-state index in [4.69, 9.17) is 14.6 Å². The van der Waals surface area contributed by atoms with Crippen molar-refractivity contribution in [2.45, 2.75) is 44.5 Å². The van der Waals surface area contributed by atoms with Crippen LogP contribution in [0.4, 0.5) is 0 Å². The summed E-state index contributed by atoms with van der Waals surface area (Å²) in [6.45, 7) is 2.18. The summed E-state index contributed by atoms with van der Waals surface area (Å²) in [5.74, 6) is -1.09. The maximum atomic E-state index is 11.4. The molecule has 6 nitrogen and oxygen atoms in total. The third-order valence-electron chi connectivity index (χ3n) is 3.66. The number of hydrogen-bond donors (Lipinski definition) is 1. The summed E-state index contributed by atoms with van der Waals surface area (Å²) in [7, 11) is -2.89. The summed E-state index contributed by atoms with van der Waals surface area (Å²) in [5.41, 5.74) is 0. The Morgan fingerprint density at radius 3 is 2.79 bits per heavy atom. The van der Waals surface area contributed by atoms with Crippen LogP contribution in [0.25, 0.3) is 0 Å². The zero-order chi connectivity index (χ0) is 14.1. The Balaban J connectivity index is 1.82. The molecule has 3 atom stereocenters. The van der Waals surface area contributed by atoms with Crippen molar-refractivity contribution in [2.75, 3.05) is 18.1 Å². The van der Waals surface area contributed by atoms with Crippen LogP contribution in [0.15, 0.2) is 0 Å². The second-order valence-electron chi connectivity index (χ2n) is 5.59. The van der Waals surface area contributed by atoms with Crippen molar-refractivity contribution in [1.29, 1.82) is 0 Å². The normalized spacial score (nSPS) is 37.5. The monoisotopic (exact) mass is 292 g/mol. The molecule has 1 N–H and O–H groups in total. The summed E-state index contributed by atoms with van der Waals surface area (Å²) >= 11 is 0. The Morgan fingerprint density at radius 1 is 1.47 bits per heavy atom. The third kappa shape index (κ3) is 4.15. The third-order valence-corrected chi connectivity index (χ3v) is 5.49. The highest BCUT2D eigenvalue weighted by atomic mass is 32.2. The molecule has 0 bridgehead atoms. The molecule has 110 valence electrons. The van der Waals surface area contributed by atoms with Gasteiger partial charge < -0.3 is 14.6 Å². The summed E-state index contributed by atoms with van der Waals surface area (Å²) in [6.07, 6.45) is 1.48. The zero-order valence-corrected chi connectivity index (χ0v) is 11.8. The molecule has 2 fully saturated rings. The molecule has 0 aromatic heterocycles. The van der Waals surface area contributed by atoms with Crippen molar-refractivity contribution < 1.29 is 27.8 Å². The minimum atomic E-state index is -2.89. The Labute approximate surface area is 113 Å². The van der Waals surface area contributed by atoms with E-state index >= 15 is 0 Å². The zero-order valence-electron chi connectivity index (χ0n) is 11.0. The van der Waals surface area contributed by atoms with Crippen LogP contribution in [-0.4, -0.2) is 49.5 Å². The topological polar surface area (TPSA) is 89.9 Å². The van der Waals surface area contributed by atoms with Gasteiger partial charge in [0.15, 0.2) is 15.6 Å². The van der Waals surface area contributed by atoms with E-state index in [9.17, 15) is 13.2 Å². The van der Waals surface area contributed by atoms with Gasteiger partial charge in [-0.1, -0.05) is 0 Å². The van der Waals surface area contributed by atoms with Crippen LogP contribution in [0.2, 0.25) is 0 Å². The summed E-state index contributed by atoms with van der Waals surface area (Å²) < 4.78 is 34.2.